The summed E-state index contributed by atoms with van der Waals surface area (Å²) < 4.78 is 5.76. The van der Waals surface area contributed by atoms with Gasteiger partial charge in [0, 0.05) is 18.7 Å². The normalized spacial score (nSPS) is 14.8. The van der Waals surface area contributed by atoms with Gasteiger partial charge >= 0.3 is 12.1 Å². The van der Waals surface area contributed by atoms with Crippen molar-refractivity contribution < 1.29 is 24.2 Å². The van der Waals surface area contributed by atoms with E-state index in [4.69, 9.17) is 4.74 Å². The molecule has 3 rings (SSSR count). The monoisotopic (exact) mass is 582 g/mol. The molecular formula is C33H46N2O5S. The van der Waals surface area contributed by atoms with Crippen LogP contribution in [-0.4, -0.2) is 64.7 Å². The molecule has 1 saturated carbocycles. The number of carboxylic acids is 1. The first-order valence-electron chi connectivity index (χ1n) is 14.7. The summed E-state index contributed by atoms with van der Waals surface area (Å²) in [6.07, 6.45) is 8.52. The Morgan fingerprint density at radius 3 is 2.41 bits per heavy atom. The van der Waals surface area contributed by atoms with E-state index in [0.29, 0.717) is 43.2 Å². The number of carbonyl (C=O) groups excluding carboxylic acids is 2. The number of rotatable bonds is 12. The zero-order valence-electron chi connectivity index (χ0n) is 25.2. The highest BCUT2D eigenvalue weighted by atomic mass is 32.2. The molecule has 0 radical (unpaired) electrons. The third-order valence-corrected chi connectivity index (χ3v) is 8.15. The molecule has 1 atom stereocenters. The fourth-order valence-corrected chi connectivity index (χ4v) is 5.77. The Balaban J connectivity index is 1.87. The average molecular weight is 583 g/mol. The maximum atomic E-state index is 13.4. The summed E-state index contributed by atoms with van der Waals surface area (Å²) in [6.45, 7) is 8.86. The lowest BCUT2D eigenvalue weighted by atomic mass is 9.89. The minimum Gasteiger partial charge on any atom is -0.480 e. The van der Waals surface area contributed by atoms with E-state index in [1.54, 1.807) is 17.8 Å². The second-order valence-electron chi connectivity index (χ2n) is 12.0. The molecule has 224 valence electrons. The van der Waals surface area contributed by atoms with Crippen molar-refractivity contribution in [2.75, 3.05) is 25.1 Å². The maximum Gasteiger partial charge on any atom is 0.410 e. The van der Waals surface area contributed by atoms with E-state index in [2.05, 4.69) is 5.32 Å². The van der Waals surface area contributed by atoms with E-state index >= 15 is 0 Å². The molecule has 0 heterocycles. The molecule has 41 heavy (non-hydrogen) atoms. The summed E-state index contributed by atoms with van der Waals surface area (Å²) in [5, 5.41) is 12.4. The van der Waals surface area contributed by atoms with E-state index in [1.165, 1.54) is 19.3 Å². The number of carbonyl (C=O) groups is 3. The minimum absolute atomic E-state index is 0.289. The van der Waals surface area contributed by atoms with Crippen LogP contribution in [0.3, 0.4) is 0 Å². The van der Waals surface area contributed by atoms with Crippen molar-refractivity contribution in [3.8, 4) is 11.1 Å². The van der Waals surface area contributed by atoms with Gasteiger partial charge in [0.05, 0.1) is 0 Å². The largest absolute Gasteiger partial charge is 0.480 e. The van der Waals surface area contributed by atoms with Crippen molar-refractivity contribution in [1.29, 1.82) is 0 Å². The standard InChI is InChI=1S/C33H46N2O5S/c1-23-11-9-10-14-26(23)28-21-24(15-16-27(28)30(36)34-29(31(37)38)18-20-41-5)17-19-35(32(39)40-33(2,3)4)22-25-12-7-6-8-13-25/h9-11,14-16,21,25,29H,6-8,12-13,17-20,22H2,1-5H3,(H,34,36)(H,37,38). The Morgan fingerprint density at radius 1 is 1.07 bits per heavy atom. The van der Waals surface area contributed by atoms with Crippen LogP contribution in [0.1, 0.15) is 80.8 Å². The van der Waals surface area contributed by atoms with Crippen molar-refractivity contribution in [1.82, 2.24) is 10.2 Å². The Morgan fingerprint density at radius 2 is 1.78 bits per heavy atom. The van der Waals surface area contributed by atoms with Gasteiger partial charge in [0.2, 0.25) is 0 Å². The Bertz CT molecular complexity index is 1190. The smallest absolute Gasteiger partial charge is 0.410 e. The third-order valence-electron chi connectivity index (χ3n) is 7.50. The molecule has 0 aliphatic heterocycles. The number of hydrogen-bond donors (Lipinski definition) is 2. The lowest BCUT2D eigenvalue weighted by molar-refractivity contribution is -0.139. The molecule has 1 fully saturated rings. The van der Waals surface area contributed by atoms with Gasteiger partial charge in [-0.3, -0.25) is 4.79 Å². The summed E-state index contributed by atoms with van der Waals surface area (Å²) in [5.74, 6) is -0.327. The van der Waals surface area contributed by atoms with Crippen molar-refractivity contribution in [2.24, 2.45) is 5.92 Å². The predicted molar refractivity (Wildman–Crippen MR) is 167 cm³/mol. The Hall–Kier alpha value is -3.00. The number of aliphatic carboxylic acids is 1. The molecular weight excluding hydrogens is 536 g/mol. The van der Waals surface area contributed by atoms with Crippen LogP contribution in [-0.2, 0) is 16.0 Å². The summed E-state index contributed by atoms with van der Waals surface area (Å²) in [6, 6.07) is 12.6. The molecule has 1 aliphatic carbocycles. The number of thioether (sulfide) groups is 1. The van der Waals surface area contributed by atoms with Crippen molar-refractivity contribution in [3.63, 3.8) is 0 Å². The van der Waals surface area contributed by atoms with Gasteiger partial charge in [-0.15, -0.1) is 0 Å². The third kappa shape index (κ3) is 10.1. The SMILES string of the molecule is CSCCC(NC(=O)c1ccc(CCN(CC2CCCCC2)C(=O)OC(C)(C)C)cc1-c1ccccc1C)C(=O)O. The van der Waals surface area contributed by atoms with E-state index in [0.717, 1.165) is 35.1 Å². The molecule has 8 heteroatoms. The predicted octanol–water partition coefficient (Wildman–Crippen LogP) is 6.96. The Labute approximate surface area is 249 Å². The summed E-state index contributed by atoms with van der Waals surface area (Å²) in [7, 11) is 0. The molecule has 0 saturated heterocycles. The van der Waals surface area contributed by atoms with Gasteiger partial charge in [0.15, 0.2) is 0 Å². The molecule has 1 unspecified atom stereocenters. The fourth-order valence-electron chi connectivity index (χ4n) is 5.30. The lowest BCUT2D eigenvalue weighted by Gasteiger charge is -2.32. The van der Waals surface area contributed by atoms with Crippen LogP contribution < -0.4 is 5.32 Å². The van der Waals surface area contributed by atoms with E-state index in [9.17, 15) is 19.5 Å². The van der Waals surface area contributed by atoms with Gasteiger partial charge in [-0.05, 0) is 99.6 Å². The fraction of sp³-hybridized carbons (Fsp3) is 0.545. The second-order valence-corrected chi connectivity index (χ2v) is 13.0. The summed E-state index contributed by atoms with van der Waals surface area (Å²) in [5.41, 5.74) is 3.55. The van der Waals surface area contributed by atoms with Crippen LogP contribution in [0.15, 0.2) is 42.5 Å². The van der Waals surface area contributed by atoms with Crippen LogP contribution in [0.4, 0.5) is 4.79 Å². The molecule has 2 aromatic carbocycles. The summed E-state index contributed by atoms with van der Waals surface area (Å²) in [4.78, 5) is 40.2. The molecule has 7 nitrogen and oxygen atoms in total. The maximum absolute atomic E-state index is 13.4. The van der Waals surface area contributed by atoms with E-state index in [-0.39, 0.29) is 6.09 Å². The average Bonchev–Trinajstić information content (AvgIpc) is 2.92. The zero-order chi connectivity index (χ0) is 30.0. The Kier molecular flexibility index (Phi) is 12.1. The van der Waals surface area contributed by atoms with Gasteiger partial charge in [-0.25, -0.2) is 9.59 Å². The van der Waals surface area contributed by atoms with Crippen molar-refractivity contribution >= 4 is 29.7 Å². The molecule has 1 aliphatic rings. The topological polar surface area (TPSA) is 95.9 Å². The number of aryl methyl sites for hydroxylation is 1. The van der Waals surface area contributed by atoms with Crippen molar-refractivity contribution in [3.05, 3.63) is 59.2 Å². The number of benzene rings is 2. The van der Waals surface area contributed by atoms with Gasteiger partial charge in [-0.2, -0.15) is 11.8 Å². The van der Waals surface area contributed by atoms with E-state index in [1.807, 2.05) is 75.2 Å². The van der Waals surface area contributed by atoms with Gasteiger partial charge in [-0.1, -0.05) is 55.7 Å². The van der Waals surface area contributed by atoms with Crippen molar-refractivity contribution in [2.45, 2.75) is 84.3 Å². The first-order valence-corrected chi connectivity index (χ1v) is 16.1. The van der Waals surface area contributed by atoms with Gasteiger partial charge < -0.3 is 20.1 Å². The van der Waals surface area contributed by atoms with Crippen LogP contribution >= 0.6 is 11.8 Å². The van der Waals surface area contributed by atoms with Crippen LogP contribution in [0, 0.1) is 12.8 Å². The van der Waals surface area contributed by atoms with Gasteiger partial charge in [0.1, 0.15) is 11.6 Å². The minimum atomic E-state index is -1.04. The van der Waals surface area contributed by atoms with E-state index < -0.39 is 23.5 Å². The molecule has 0 spiro atoms. The number of ether oxygens (including phenoxy) is 1. The molecule has 0 bridgehead atoms. The summed E-state index contributed by atoms with van der Waals surface area (Å²) >= 11 is 1.55. The number of amides is 2. The van der Waals surface area contributed by atoms with Crippen LogP contribution in [0.25, 0.3) is 11.1 Å². The lowest BCUT2D eigenvalue weighted by Crippen LogP contribution is -2.41. The molecule has 2 aromatic rings. The first-order chi connectivity index (χ1) is 19.5. The number of carboxylic acid groups (broad SMARTS) is 1. The molecule has 0 aromatic heterocycles. The highest BCUT2D eigenvalue weighted by Gasteiger charge is 2.26. The molecule has 2 N–H and O–H groups in total. The quantitative estimate of drug-likeness (QED) is 0.281. The first kappa shape index (κ1) is 32.5. The number of nitrogens with one attached hydrogen (secondary N) is 1. The van der Waals surface area contributed by atoms with Crippen LogP contribution in [0.5, 0.6) is 0 Å². The number of hydrogen-bond acceptors (Lipinski definition) is 5. The second kappa shape index (κ2) is 15.3. The highest BCUT2D eigenvalue weighted by molar-refractivity contribution is 7.98. The van der Waals surface area contributed by atoms with Gasteiger partial charge in [0.25, 0.3) is 5.91 Å². The van der Waals surface area contributed by atoms with Crippen LogP contribution in [0.2, 0.25) is 0 Å². The number of nitrogens with zero attached hydrogens (tertiary/aromatic N) is 1. The zero-order valence-corrected chi connectivity index (χ0v) is 26.0. The highest BCUT2D eigenvalue weighted by Crippen LogP contribution is 2.29. The molecule has 2 amide bonds.